The van der Waals surface area contributed by atoms with Gasteiger partial charge in [-0.3, -0.25) is 4.79 Å². The van der Waals surface area contributed by atoms with Gasteiger partial charge in [-0.1, -0.05) is 0 Å². The van der Waals surface area contributed by atoms with Crippen LogP contribution in [0.25, 0.3) is 0 Å². The lowest BCUT2D eigenvalue weighted by molar-refractivity contribution is -0.142. The fourth-order valence-electron chi connectivity index (χ4n) is 2.24. The molecule has 2 rings (SSSR count). The summed E-state index contributed by atoms with van der Waals surface area (Å²) < 4.78 is 0. The predicted molar refractivity (Wildman–Crippen MR) is 63.9 cm³/mol. The fourth-order valence-corrected chi connectivity index (χ4v) is 2.24. The van der Waals surface area contributed by atoms with Crippen LogP contribution in [0.2, 0.25) is 0 Å². The molecule has 2 atom stereocenters. The molecule has 94 valence electrons. The molecule has 0 spiro atoms. The molecule has 0 bridgehead atoms. The minimum atomic E-state index is -0.742. The van der Waals surface area contributed by atoms with Crippen LogP contribution in [0.3, 0.4) is 0 Å². The molecule has 1 N–H and O–H groups in total. The minimum Gasteiger partial charge on any atom is -0.481 e. The van der Waals surface area contributed by atoms with Crippen molar-refractivity contribution in [3.63, 3.8) is 0 Å². The Labute approximate surface area is 105 Å². The van der Waals surface area contributed by atoms with E-state index in [1.165, 1.54) is 0 Å². The van der Waals surface area contributed by atoms with Crippen LogP contribution in [0.5, 0.6) is 0 Å². The van der Waals surface area contributed by atoms with Crippen LogP contribution < -0.4 is 4.90 Å². The van der Waals surface area contributed by atoms with Gasteiger partial charge in [0, 0.05) is 18.8 Å². The van der Waals surface area contributed by atoms with Gasteiger partial charge in [0.05, 0.1) is 5.92 Å². The average molecular weight is 246 g/mol. The van der Waals surface area contributed by atoms with Gasteiger partial charge in [0.15, 0.2) is 0 Å². The number of rotatable bonds is 2. The number of anilines is 1. The van der Waals surface area contributed by atoms with Crippen LogP contribution in [-0.4, -0.2) is 33.6 Å². The second-order valence-corrected chi connectivity index (χ2v) is 4.46. The minimum absolute atomic E-state index is 0.0637. The highest BCUT2D eigenvalue weighted by Gasteiger charge is 2.30. The molecule has 0 aliphatic carbocycles. The number of aromatic nitrogens is 2. The summed E-state index contributed by atoms with van der Waals surface area (Å²) in [7, 11) is 0. The molecule has 1 aromatic heterocycles. The summed E-state index contributed by atoms with van der Waals surface area (Å²) >= 11 is 0. The summed E-state index contributed by atoms with van der Waals surface area (Å²) in [6, 6.07) is 3.59. The highest BCUT2D eigenvalue weighted by Crippen LogP contribution is 2.25. The molecule has 2 unspecified atom stereocenters. The van der Waals surface area contributed by atoms with Crippen LogP contribution in [0.4, 0.5) is 5.95 Å². The number of hydrogen-bond acceptors (Lipinski definition) is 5. The number of carbonyl (C=O) groups is 1. The van der Waals surface area contributed by atoms with Crippen molar-refractivity contribution in [2.75, 3.05) is 11.4 Å². The molecule has 6 heteroatoms. The first-order valence-electron chi connectivity index (χ1n) is 5.84. The van der Waals surface area contributed by atoms with Gasteiger partial charge in [-0.25, -0.2) is 9.97 Å². The molecular formula is C12H14N4O2. The van der Waals surface area contributed by atoms with E-state index in [9.17, 15) is 4.79 Å². The van der Waals surface area contributed by atoms with Crippen molar-refractivity contribution in [1.29, 1.82) is 5.26 Å². The average Bonchev–Trinajstić information content (AvgIpc) is 2.38. The third-order valence-corrected chi connectivity index (χ3v) is 3.24. The number of aliphatic carboxylic acids is 1. The third-order valence-electron chi connectivity index (χ3n) is 3.24. The maximum Gasteiger partial charge on any atom is 0.306 e. The van der Waals surface area contributed by atoms with Gasteiger partial charge in [0.2, 0.25) is 5.95 Å². The quantitative estimate of drug-likeness (QED) is 0.838. The van der Waals surface area contributed by atoms with E-state index in [-0.39, 0.29) is 12.0 Å². The van der Waals surface area contributed by atoms with Gasteiger partial charge in [0.25, 0.3) is 0 Å². The first-order valence-corrected chi connectivity index (χ1v) is 5.84. The van der Waals surface area contributed by atoms with E-state index < -0.39 is 5.97 Å². The summed E-state index contributed by atoms with van der Waals surface area (Å²) in [5.74, 6) is -0.533. The van der Waals surface area contributed by atoms with Gasteiger partial charge in [-0.2, -0.15) is 5.26 Å². The smallest absolute Gasteiger partial charge is 0.306 e. The van der Waals surface area contributed by atoms with E-state index in [0.29, 0.717) is 31.0 Å². The standard InChI is InChI=1S/C12H14N4O2/c1-8-6-9(11(17)18)3-5-16(8)12-14-4-2-10(7-13)15-12/h2,4,8-9H,3,5-6H2,1H3,(H,17,18). The molecule has 6 nitrogen and oxygen atoms in total. The predicted octanol–water partition coefficient (Wildman–Crippen LogP) is 1.04. The lowest BCUT2D eigenvalue weighted by atomic mass is 9.92. The molecular weight excluding hydrogens is 232 g/mol. The maximum atomic E-state index is 11.0. The maximum absolute atomic E-state index is 11.0. The largest absolute Gasteiger partial charge is 0.481 e. The lowest BCUT2D eigenvalue weighted by Gasteiger charge is -2.36. The van der Waals surface area contributed by atoms with Gasteiger partial charge < -0.3 is 10.0 Å². The van der Waals surface area contributed by atoms with Gasteiger partial charge >= 0.3 is 5.97 Å². The summed E-state index contributed by atoms with van der Waals surface area (Å²) in [4.78, 5) is 21.2. The van der Waals surface area contributed by atoms with Crippen LogP contribution in [0.1, 0.15) is 25.5 Å². The van der Waals surface area contributed by atoms with Crippen LogP contribution in [0.15, 0.2) is 12.3 Å². The monoisotopic (exact) mass is 246 g/mol. The number of nitriles is 1. The van der Waals surface area contributed by atoms with Gasteiger partial charge in [0.1, 0.15) is 11.8 Å². The molecule has 1 aliphatic rings. The zero-order valence-electron chi connectivity index (χ0n) is 10.1. The van der Waals surface area contributed by atoms with E-state index in [4.69, 9.17) is 10.4 Å². The third kappa shape index (κ3) is 2.40. The summed E-state index contributed by atoms with van der Waals surface area (Å²) in [6.45, 7) is 2.56. The molecule has 1 aromatic rings. The van der Waals surface area contributed by atoms with Crippen molar-refractivity contribution < 1.29 is 9.90 Å². The Morgan fingerprint density at radius 1 is 1.67 bits per heavy atom. The molecule has 2 heterocycles. The van der Waals surface area contributed by atoms with E-state index in [0.717, 1.165) is 0 Å². The van der Waals surface area contributed by atoms with Crippen LogP contribution in [0, 0.1) is 17.2 Å². The van der Waals surface area contributed by atoms with E-state index in [1.54, 1.807) is 12.3 Å². The zero-order valence-corrected chi connectivity index (χ0v) is 10.1. The topological polar surface area (TPSA) is 90.1 Å². The van der Waals surface area contributed by atoms with Crippen molar-refractivity contribution >= 4 is 11.9 Å². The van der Waals surface area contributed by atoms with E-state index in [2.05, 4.69) is 9.97 Å². The van der Waals surface area contributed by atoms with E-state index >= 15 is 0 Å². The van der Waals surface area contributed by atoms with Crippen molar-refractivity contribution in [3.05, 3.63) is 18.0 Å². The molecule has 0 radical (unpaired) electrons. The molecule has 0 amide bonds. The molecule has 0 aromatic carbocycles. The van der Waals surface area contributed by atoms with Crippen LogP contribution >= 0.6 is 0 Å². The number of carboxylic acid groups (broad SMARTS) is 1. The Morgan fingerprint density at radius 3 is 3.06 bits per heavy atom. The van der Waals surface area contributed by atoms with Crippen LogP contribution in [-0.2, 0) is 4.79 Å². The van der Waals surface area contributed by atoms with E-state index in [1.807, 2.05) is 17.9 Å². The Kier molecular flexibility index (Phi) is 3.42. The van der Waals surface area contributed by atoms with Gasteiger partial charge in [-0.05, 0) is 25.8 Å². The molecule has 1 aliphatic heterocycles. The first-order chi connectivity index (χ1) is 8.61. The second kappa shape index (κ2) is 5.00. The highest BCUT2D eigenvalue weighted by atomic mass is 16.4. The SMILES string of the molecule is CC1CC(C(=O)O)CCN1c1nccc(C#N)n1. The zero-order chi connectivity index (χ0) is 13.1. The number of hydrogen-bond donors (Lipinski definition) is 1. The summed E-state index contributed by atoms with van der Waals surface area (Å²) in [6.07, 6.45) is 2.71. The van der Waals surface area contributed by atoms with Crippen molar-refractivity contribution in [2.24, 2.45) is 5.92 Å². The second-order valence-electron chi connectivity index (χ2n) is 4.46. The highest BCUT2D eigenvalue weighted by molar-refractivity contribution is 5.70. The first kappa shape index (κ1) is 12.3. The Balaban J connectivity index is 2.15. The molecule has 18 heavy (non-hydrogen) atoms. The number of nitrogens with zero attached hydrogens (tertiary/aromatic N) is 4. The molecule has 1 saturated heterocycles. The number of piperidine rings is 1. The van der Waals surface area contributed by atoms with Crippen molar-refractivity contribution in [1.82, 2.24) is 9.97 Å². The fraction of sp³-hybridized carbons (Fsp3) is 0.500. The Hall–Kier alpha value is -2.16. The van der Waals surface area contributed by atoms with Crippen molar-refractivity contribution in [3.8, 4) is 6.07 Å². The van der Waals surface area contributed by atoms with Crippen molar-refractivity contribution in [2.45, 2.75) is 25.8 Å². The molecule has 0 saturated carbocycles. The molecule has 1 fully saturated rings. The summed E-state index contributed by atoms with van der Waals surface area (Å²) in [5.41, 5.74) is 0.326. The normalized spacial score (nSPS) is 23.4. The number of carboxylic acids is 1. The lowest BCUT2D eigenvalue weighted by Crippen LogP contribution is -2.43. The summed E-state index contributed by atoms with van der Waals surface area (Å²) in [5, 5.41) is 17.8. The Morgan fingerprint density at radius 2 is 2.44 bits per heavy atom. The Bertz CT molecular complexity index is 497. The van der Waals surface area contributed by atoms with Gasteiger partial charge in [-0.15, -0.1) is 0 Å².